The van der Waals surface area contributed by atoms with E-state index in [0.29, 0.717) is 0 Å². The summed E-state index contributed by atoms with van der Waals surface area (Å²) in [5, 5.41) is 0. The van der Waals surface area contributed by atoms with Crippen molar-refractivity contribution in [3.8, 4) is 0 Å². The molecule has 6 heteroatoms. The lowest BCUT2D eigenvalue weighted by atomic mass is 18.9. The zero-order valence-corrected chi connectivity index (χ0v) is 5.16. The fourth-order valence-corrected chi connectivity index (χ4v) is 0. The molecule has 0 aromatic heterocycles. The largest absolute Gasteiger partial charge is 1.27 e. The standard InChI is InChI=1S/3FP/c3*1-2/q3*-2. The van der Waals surface area contributed by atoms with Crippen LogP contribution in [0, 0.1) is 0 Å². The zero-order valence-electron chi connectivity index (χ0n) is 2.48. The van der Waals surface area contributed by atoms with Crippen LogP contribution in [-0.4, -0.2) is 0 Å². The Morgan fingerprint density at radius 1 is 0.500 bits per heavy atom. The predicted octanol–water partition coefficient (Wildman–Crippen LogP) is 3.84. The predicted molar refractivity (Wildman–Crippen MR) is 24.1 cm³/mol. The summed E-state index contributed by atoms with van der Waals surface area (Å²) in [4.78, 5) is 0. The first-order valence-corrected chi connectivity index (χ1v) is 1.52. The van der Waals surface area contributed by atoms with Gasteiger partial charge in [0.25, 0.3) is 0 Å². The van der Waals surface area contributed by atoms with Crippen molar-refractivity contribution in [3.63, 3.8) is 0 Å². The molecule has 0 heterocycles. The average Bonchev–Trinajstić information content (AvgIpc) is 1.81. The van der Waals surface area contributed by atoms with E-state index in [-0.39, 0.29) is 0 Å². The highest BCUT2D eigenvalue weighted by molar-refractivity contribution is 7.09. The van der Waals surface area contributed by atoms with Crippen LogP contribution in [0.15, 0.2) is 0 Å². The number of hydrogen-bond acceptors (Lipinski definition) is 0. The van der Waals surface area contributed by atoms with Gasteiger partial charge in [-0.15, -0.1) is 0 Å². The van der Waals surface area contributed by atoms with Crippen molar-refractivity contribution in [2.45, 2.75) is 0 Å². The van der Waals surface area contributed by atoms with Crippen molar-refractivity contribution >= 4 is 28.7 Å². The first-order valence-electron chi connectivity index (χ1n) is 0.507. The smallest absolute Gasteiger partial charge is 0.732 e. The molecule has 0 unspecified atom stereocenters. The molecule has 0 aromatic rings. The average molecular weight is 150 g/mol. The van der Waals surface area contributed by atoms with Gasteiger partial charge in [0, 0.05) is 0 Å². The van der Waals surface area contributed by atoms with Crippen molar-refractivity contribution in [1.82, 2.24) is 0 Å². The van der Waals surface area contributed by atoms with E-state index in [4.69, 9.17) is 0 Å². The molecule has 0 rings (SSSR count). The molecular weight excluding hydrogens is 150 g/mol. The highest BCUT2D eigenvalue weighted by Crippen LogP contribution is 1.67. The molecule has 0 bridgehead atoms. The maximum atomic E-state index is 9.19. The van der Waals surface area contributed by atoms with Crippen LogP contribution in [0.3, 0.4) is 0 Å². The minimum Gasteiger partial charge on any atom is -1.27 e. The molecular formula is F3P3-6. The summed E-state index contributed by atoms with van der Waals surface area (Å²) in [6.07, 6.45) is 0. The second-order valence-corrected chi connectivity index (χ2v) is 0. The third kappa shape index (κ3) is 72.5. The van der Waals surface area contributed by atoms with Crippen molar-refractivity contribution in [1.29, 1.82) is 0 Å². The van der Waals surface area contributed by atoms with Crippen LogP contribution >= 0.6 is 28.7 Å². The summed E-state index contributed by atoms with van der Waals surface area (Å²) >= 11 is 0. The number of rotatable bonds is 0. The molecule has 0 aliphatic rings. The summed E-state index contributed by atoms with van der Waals surface area (Å²) in [6, 6.07) is 0. The molecule has 0 spiro atoms. The lowest BCUT2D eigenvalue weighted by molar-refractivity contribution is 0.940. The van der Waals surface area contributed by atoms with Gasteiger partial charge in [-0.25, -0.2) is 0 Å². The highest BCUT2D eigenvalue weighted by Gasteiger charge is 0.0391. The van der Waals surface area contributed by atoms with E-state index in [1.54, 1.807) is 0 Å². The fourth-order valence-electron chi connectivity index (χ4n) is 0. The normalized spacial score (nSPS) is 3.00. The molecule has 0 aliphatic heterocycles. The second kappa shape index (κ2) is 135. The molecule has 0 radical (unpaired) electrons. The van der Waals surface area contributed by atoms with Crippen LogP contribution in [-0.2, 0) is 0 Å². The summed E-state index contributed by atoms with van der Waals surface area (Å²) < 4.78 is 27.6. The maximum absolute atomic E-state index is 9.19. The molecule has 0 atom stereocenters. The summed E-state index contributed by atoms with van der Waals surface area (Å²) in [5.74, 6) is 0. The van der Waals surface area contributed by atoms with Gasteiger partial charge in [-0.1, -0.05) is 0 Å². The van der Waals surface area contributed by atoms with Crippen LogP contribution in [0.1, 0.15) is 0 Å². The molecule has 0 aromatic carbocycles. The first-order chi connectivity index (χ1) is 3.00. The highest BCUT2D eigenvalue weighted by atomic mass is 31.1. The molecule has 0 aliphatic carbocycles. The Kier molecular flexibility index (Phi) is 352. The van der Waals surface area contributed by atoms with Crippen LogP contribution in [0.5, 0.6) is 0 Å². The zero-order chi connectivity index (χ0) is 6.00. The minimum atomic E-state index is 2.03. The Morgan fingerprint density at radius 2 is 0.500 bits per heavy atom. The van der Waals surface area contributed by atoms with Crippen LogP contribution in [0.25, 0.3) is 0 Å². The summed E-state index contributed by atoms with van der Waals surface area (Å²) in [6.45, 7) is 0. The van der Waals surface area contributed by atoms with Gasteiger partial charge in [0.2, 0.25) is 0 Å². The molecule has 0 nitrogen and oxygen atoms in total. The SMILES string of the molecule is F[P-2].F[P-2].F[P-2]. The van der Waals surface area contributed by atoms with Gasteiger partial charge in [-0.2, -0.15) is 0 Å². The monoisotopic (exact) mass is 150 g/mol. The molecule has 6 heavy (non-hydrogen) atoms. The molecule has 42 valence electrons. The first kappa shape index (κ1) is 15.7. The van der Waals surface area contributed by atoms with E-state index in [1.165, 1.54) is 0 Å². The Hall–Kier alpha value is 1.08. The van der Waals surface area contributed by atoms with E-state index >= 15 is 0 Å². The van der Waals surface area contributed by atoms with Gasteiger partial charge >= 0.3 is 0 Å². The van der Waals surface area contributed by atoms with Gasteiger partial charge < -0.3 is 41.2 Å². The van der Waals surface area contributed by atoms with Gasteiger partial charge in [0.1, 0.15) is 0 Å². The van der Waals surface area contributed by atoms with E-state index < -0.39 is 0 Å². The number of halogens is 3. The Balaban J connectivity index is -0.0000000225. The third-order valence-electron chi connectivity index (χ3n) is 0. The van der Waals surface area contributed by atoms with E-state index in [0.717, 1.165) is 0 Å². The van der Waals surface area contributed by atoms with Crippen molar-refractivity contribution in [3.05, 3.63) is 0 Å². The molecule has 0 saturated heterocycles. The molecule has 0 fully saturated rings. The third-order valence-corrected chi connectivity index (χ3v) is 0. The van der Waals surface area contributed by atoms with Crippen molar-refractivity contribution in [2.75, 3.05) is 0 Å². The van der Waals surface area contributed by atoms with Crippen LogP contribution < -0.4 is 0 Å². The topological polar surface area (TPSA) is 0 Å². The lowest BCUT2D eigenvalue weighted by Crippen LogP contribution is -0.383. The Bertz CT molecular complexity index is 6.00. The summed E-state index contributed by atoms with van der Waals surface area (Å²) in [7, 11) is 6.08. The van der Waals surface area contributed by atoms with E-state index in [2.05, 4.69) is 0 Å². The molecule has 0 amide bonds. The minimum absolute atomic E-state index is 2.03. The van der Waals surface area contributed by atoms with Gasteiger partial charge in [-0.05, 0) is 0 Å². The van der Waals surface area contributed by atoms with Gasteiger partial charge in [0.05, 0.1) is 0 Å². The molecule has 0 N–H and O–H groups in total. The Morgan fingerprint density at radius 3 is 0.500 bits per heavy atom. The quantitative estimate of drug-likeness (QED) is 0.460. The number of hydrogen-bond donors (Lipinski definition) is 0. The van der Waals surface area contributed by atoms with Crippen LogP contribution in [0.2, 0.25) is 0 Å². The van der Waals surface area contributed by atoms with Crippen LogP contribution in [0.4, 0.5) is 12.6 Å². The molecule has 0 saturated carbocycles. The van der Waals surface area contributed by atoms with Crippen molar-refractivity contribution < 1.29 is 12.6 Å². The second-order valence-electron chi connectivity index (χ2n) is 0. The van der Waals surface area contributed by atoms with Crippen molar-refractivity contribution in [2.24, 2.45) is 0 Å². The lowest BCUT2D eigenvalue weighted by Gasteiger charge is -2.04. The van der Waals surface area contributed by atoms with Gasteiger partial charge in [0.15, 0.2) is 0 Å². The fraction of sp³-hybridized carbons (Fsp3) is 0. The van der Waals surface area contributed by atoms with E-state index in [9.17, 15) is 12.6 Å². The maximum Gasteiger partial charge on any atom is -0.732 e. The van der Waals surface area contributed by atoms with E-state index in [1.807, 2.05) is 28.7 Å². The summed E-state index contributed by atoms with van der Waals surface area (Å²) in [5.41, 5.74) is 0. The Labute approximate surface area is 42.2 Å². The van der Waals surface area contributed by atoms with Gasteiger partial charge in [-0.3, -0.25) is 0 Å².